The molecule has 27 heavy (non-hydrogen) atoms. The Morgan fingerprint density at radius 3 is 2.41 bits per heavy atom. The van der Waals surface area contributed by atoms with Crippen LogP contribution < -0.4 is 0 Å². The van der Waals surface area contributed by atoms with Gasteiger partial charge in [-0.25, -0.2) is 0 Å². The predicted molar refractivity (Wildman–Crippen MR) is 105 cm³/mol. The lowest BCUT2D eigenvalue weighted by atomic mass is 10.1. The van der Waals surface area contributed by atoms with Gasteiger partial charge in [0.15, 0.2) is 0 Å². The number of amides is 2. The van der Waals surface area contributed by atoms with Crippen molar-refractivity contribution in [1.82, 2.24) is 19.4 Å². The molecule has 1 fully saturated rings. The van der Waals surface area contributed by atoms with Gasteiger partial charge in [-0.05, 0) is 30.7 Å². The number of hydrogen-bond acceptors (Lipinski definition) is 2. The third kappa shape index (κ3) is 3.12. The van der Waals surface area contributed by atoms with Gasteiger partial charge >= 0.3 is 0 Å². The first-order chi connectivity index (χ1) is 13.1. The van der Waals surface area contributed by atoms with E-state index in [9.17, 15) is 9.59 Å². The Morgan fingerprint density at radius 1 is 1.00 bits per heavy atom. The number of benzene rings is 1. The zero-order chi connectivity index (χ0) is 19.0. The van der Waals surface area contributed by atoms with E-state index in [2.05, 4.69) is 28.6 Å². The molecule has 140 valence electrons. The van der Waals surface area contributed by atoms with Gasteiger partial charge in [-0.3, -0.25) is 9.59 Å². The second-order valence-corrected chi connectivity index (χ2v) is 7.07. The molecular formula is C21H24N4O2. The summed E-state index contributed by atoms with van der Waals surface area (Å²) in [6, 6.07) is 11.8. The monoisotopic (exact) mass is 364 g/mol. The zero-order valence-corrected chi connectivity index (χ0v) is 15.7. The predicted octanol–water partition coefficient (Wildman–Crippen LogP) is 2.34. The van der Waals surface area contributed by atoms with Gasteiger partial charge in [-0.1, -0.05) is 18.2 Å². The largest absolute Gasteiger partial charge is 0.357 e. The topological polar surface area (TPSA) is 61.3 Å². The van der Waals surface area contributed by atoms with Crippen LogP contribution in [-0.2, 0) is 18.3 Å². The maximum atomic E-state index is 12.9. The van der Waals surface area contributed by atoms with Crippen LogP contribution in [0.5, 0.6) is 0 Å². The first-order valence-corrected chi connectivity index (χ1v) is 9.29. The number of H-pyrrole nitrogens is 1. The summed E-state index contributed by atoms with van der Waals surface area (Å²) in [4.78, 5) is 31.9. The molecule has 0 saturated carbocycles. The van der Waals surface area contributed by atoms with E-state index in [1.807, 2.05) is 30.1 Å². The van der Waals surface area contributed by atoms with Crippen LogP contribution in [0.15, 0.2) is 42.6 Å². The molecule has 0 bridgehead atoms. The Bertz CT molecular complexity index is 979. The average molecular weight is 364 g/mol. The number of hydrogen-bond donors (Lipinski definition) is 1. The van der Waals surface area contributed by atoms with Crippen molar-refractivity contribution in [1.29, 1.82) is 0 Å². The van der Waals surface area contributed by atoms with Crippen LogP contribution in [0.3, 0.4) is 0 Å². The quantitative estimate of drug-likeness (QED) is 0.775. The number of rotatable bonds is 3. The first-order valence-electron chi connectivity index (χ1n) is 9.29. The third-order valence-electron chi connectivity index (χ3n) is 5.61. The van der Waals surface area contributed by atoms with Crippen molar-refractivity contribution in [2.24, 2.45) is 7.05 Å². The summed E-state index contributed by atoms with van der Waals surface area (Å²) < 4.78 is 2.14. The van der Waals surface area contributed by atoms with E-state index in [4.69, 9.17) is 0 Å². The number of carbonyl (C=O) groups excluding carboxylic acids is 2. The number of nitrogens with zero attached hydrogens (tertiary/aromatic N) is 3. The number of para-hydroxylation sites is 1. The molecule has 6 nitrogen and oxygen atoms in total. The van der Waals surface area contributed by atoms with Gasteiger partial charge < -0.3 is 19.4 Å². The van der Waals surface area contributed by atoms with E-state index in [1.54, 1.807) is 17.2 Å². The number of aromatic amines is 1. The lowest BCUT2D eigenvalue weighted by molar-refractivity contribution is -0.131. The standard InChI is InChI=1S/C21H24N4O2/c1-15-17(16-6-3-4-8-19(16)23(15)2)14-20(26)24-10-12-25(13-11-24)21(27)18-7-5-9-22-18/h3-9,22H,10-14H2,1-2H3. The Morgan fingerprint density at radius 2 is 1.70 bits per heavy atom. The molecule has 3 heterocycles. The van der Waals surface area contributed by atoms with Crippen LogP contribution in [0.25, 0.3) is 10.9 Å². The molecule has 0 unspecified atom stereocenters. The van der Waals surface area contributed by atoms with Crippen molar-refractivity contribution in [3.8, 4) is 0 Å². The summed E-state index contributed by atoms with van der Waals surface area (Å²) in [5.41, 5.74) is 3.98. The molecule has 3 aromatic rings. The Hall–Kier alpha value is -3.02. The Kier molecular flexibility index (Phi) is 4.48. The molecule has 1 N–H and O–H groups in total. The van der Waals surface area contributed by atoms with E-state index in [0.717, 1.165) is 22.2 Å². The van der Waals surface area contributed by atoms with Crippen LogP contribution in [0.4, 0.5) is 0 Å². The molecule has 1 aliphatic heterocycles. The fraction of sp³-hybridized carbons (Fsp3) is 0.333. The maximum absolute atomic E-state index is 12.9. The number of nitrogens with one attached hydrogen (secondary N) is 1. The molecule has 6 heteroatoms. The molecule has 0 aliphatic carbocycles. The first kappa shape index (κ1) is 17.4. The number of carbonyl (C=O) groups is 2. The SMILES string of the molecule is Cc1c(CC(=O)N2CCN(C(=O)c3ccc[nH]3)CC2)c2ccccc2n1C. The number of piperazine rings is 1. The Balaban J connectivity index is 1.43. The van der Waals surface area contributed by atoms with E-state index in [-0.39, 0.29) is 11.8 Å². The van der Waals surface area contributed by atoms with Crippen LogP contribution in [-0.4, -0.2) is 57.3 Å². The molecule has 1 aliphatic rings. The average Bonchev–Trinajstić information content (AvgIpc) is 3.32. The maximum Gasteiger partial charge on any atom is 0.270 e. The summed E-state index contributed by atoms with van der Waals surface area (Å²) >= 11 is 0. The molecule has 0 radical (unpaired) electrons. The van der Waals surface area contributed by atoms with Crippen molar-refractivity contribution < 1.29 is 9.59 Å². The summed E-state index contributed by atoms with van der Waals surface area (Å²) in [5, 5.41) is 1.14. The van der Waals surface area contributed by atoms with E-state index in [0.29, 0.717) is 38.3 Å². The second kappa shape index (κ2) is 6.95. The van der Waals surface area contributed by atoms with Gasteiger partial charge in [0.05, 0.1) is 6.42 Å². The van der Waals surface area contributed by atoms with Gasteiger partial charge in [0, 0.05) is 56.0 Å². The van der Waals surface area contributed by atoms with Gasteiger partial charge in [0.1, 0.15) is 5.69 Å². The van der Waals surface area contributed by atoms with E-state index < -0.39 is 0 Å². The number of aryl methyl sites for hydroxylation is 1. The molecule has 4 rings (SSSR count). The fourth-order valence-electron chi connectivity index (χ4n) is 3.88. The highest BCUT2D eigenvalue weighted by Crippen LogP contribution is 2.25. The normalized spacial score (nSPS) is 14.7. The molecule has 2 aromatic heterocycles. The van der Waals surface area contributed by atoms with Crippen molar-refractivity contribution in [3.63, 3.8) is 0 Å². The van der Waals surface area contributed by atoms with Crippen molar-refractivity contribution in [2.75, 3.05) is 26.2 Å². The van der Waals surface area contributed by atoms with Crippen molar-refractivity contribution >= 4 is 22.7 Å². The number of fused-ring (bicyclic) bond motifs is 1. The molecular weight excluding hydrogens is 340 g/mol. The summed E-state index contributed by atoms with van der Waals surface area (Å²) in [6.07, 6.45) is 2.15. The number of aromatic nitrogens is 2. The molecule has 1 aromatic carbocycles. The smallest absolute Gasteiger partial charge is 0.270 e. The van der Waals surface area contributed by atoms with Gasteiger partial charge in [0.2, 0.25) is 5.91 Å². The summed E-state index contributed by atoms with van der Waals surface area (Å²) in [7, 11) is 2.04. The Labute approximate surface area is 158 Å². The van der Waals surface area contributed by atoms with Crippen molar-refractivity contribution in [2.45, 2.75) is 13.3 Å². The van der Waals surface area contributed by atoms with Crippen LogP contribution in [0.2, 0.25) is 0 Å². The van der Waals surface area contributed by atoms with Crippen LogP contribution in [0.1, 0.15) is 21.7 Å². The fourth-order valence-corrected chi connectivity index (χ4v) is 3.88. The molecule has 1 saturated heterocycles. The lowest BCUT2D eigenvalue weighted by Gasteiger charge is -2.34. The molecule has 0 atom stereocenters. The van der Waals surface area contributed by atoms with Crippen LogP contribution in [0, 0.1) is 6.92 Å². The molecule has 0 spiro atoms. The second-order valence-electron chi connectivity index (χ2n) is 7.07. The highest BCUT2D eigenvalue weighted by atomic mass is 16.2. The molecule has 2 amide bonds. The third-order valence-corrected chi connectivity index (χ3v) is 5.61. The zero-order valence-electron chi connectivity index (χ0n) is 15.7. The van der Waals surface area contributed by atoms with E-state index in [1.165, 1.54) is 0 Å². The minimum absolute atomic E-state index is 0.00278. The minimum Gasteiger partial charge on any atom is -0.357 e. The highest BCUT2D eigenvalue weighted by Gasteiger charge is 2.26. The van der Waals surface area contributed by atoms with Crippen molar-refractivity contribution in [3.05, 3.63) is 59.5 Å². The summed E-state index contributed by atoms with van der Waals surface area (Å²) in [5.74, 6) is 0.124. The highest BCUT2D eigenvalue weighted by molar-refractivity contribution is 5.93. The summed E-state index contributed by atoms with van der Waals surface area (Å²) in [6.45, 7) is 4.36. The minimum atomic E-state index is -0.00278. The van der Waals surface area contributed by atoms with Gasteiger partial charge in [0.25, 0.3) is 5.91 Å². The lowest BCUT2D eigenvalue weighted by Crippen LogP contribution is -2.51. The van der Waals surface area contributed by atoms with Gasteiger partial charge in [-0.15, -0.1) is 0 Å². The van der Waals surface area contributed by atoms with Gasteiger partial charge in [-0.2, -0.15) is 0 Å². The van der Waals surface area contributed by atoms with E-state index >= 15 is 0 Å². The van der Waals surface area contributed by atoms with Crippen LogP contribution >= 0.6 is 0 Å².